The number of aromatic nitrogens is 3. The van der Waals surface area contributed by atoms with E-state index in [9.17, 15) is 13.6 Å². The number of carbonyl (C=O) groups excluding carboxylic acids is 1. The number of hydrogen-bond donors (Lipinski definition) is 0. The summed E-state index contributed by atoms with van der Waals surface area (Å²) >= 11 is 0. The van der Waals surface area contributed by atoms with Crippen LogP contribution in [0.3, 0.4) is 0 Å². The van der Waals surface area contributed by atoms with Crippen LogP contribution in [0.5, 0.6) is 5.88 Å². The Morgan fingerprint density at radius 2 is 1.88 bits per heavy atom. The highest BCUT2D eigenvalue weighted by molar-refractivity contribution is 5.93. The first-order valence-electron chi connectivity index (χ1n) is 14.4. The van der Waals surface area contributed by atoms with Gasteiger partial charge in [-0.1, -0.05) is 6.07 Å². The van der Waals surface area contributed by atoms with Crippen LogP contribution in [-0.2, 0) is 22.6 Å². The highest BCUT2D eigenvalue weighted by atomic mass is 19.1. The van der Waals surface area contributed by atoms with Crippen LogP contribution in [0.15, 0.2) is 54.6 Å². The second kappa shape index (κ2) is 12.1. The van der Waals surface area contributed by atoms with Crippen LogP contribution in [0.4, 0.5) is 8.78 Å². The Balaban J connectivity index is 1.14. The molecule has 2 aromatic carbocycles. The third kappa shape index (κ3) is 5.87. The lowest BCUT2D eigenvalue weighted by molar-refractivity contribution is -0.0594. The molecule has 0 amide bonds. The quantitative estimate of drug-likeness (QED) is 0.233. The average molecular weight is 577 g/mol. The molecule has 4 aromatic rings. The van der Waals surface area contributed by atoms with Gasteiger partial charge in [0.05, 0.1) is 42.4 Å². The summed E-state index contributed by atoms with van der Waals surface area (Å²) < 4.78 is 45.9. The first kappa shape index (κ1) is 28.2. The van der Waals surface area contributed by atoms with Crippen LogP contribution in [0, 0.1) is 11.6 Å². The van der Waals surface area contributed by atoms with Gasteiger partial charge in [0, 0.05) is 35.9 Å². The Hall–Kier alpha value is -3.89. The van der Waals surface area contributed by atoms with E-state index in [1.54, 1.807) is 12.1 Å². The summed E-state index contributed by atoms with van der Waals surface area (Å²) in [6.45, 7) is 5.36. The molecular formula is C32H34F2N4O4. The zero-order chi connectivity index (χ0) is 29.2. The van der Waals surface area contributed by atoms with Crippen molar-refractivity contribution in [2.24, 2.45) is 0 Å². The van der Waals surface area contributed by atoms with Gasteiger partial charge in [-0.15, -0.1) is 0 Å². The number of nitrogens with zero attached hydrogens (tertiary/aromatic N) is 4. The van der Waals surface area contributed by atoms with E-state index >= 15 is 0 Å². The van der Waals surface area contributed by atoms with Crippen LogP contribution in [0.1, 0.15) is 65.6 Å². The van der Waals surface area contributed by atoms with Gasteiger partial charge >= 0.3 is 5.97 Å². The predicted molar refractivity (Wildman–Crippen MR) is 152 cm³/mol. The summed E-state index contributed by atoms with van der Waals surface area (Å²) in [5, 5.41) is 0. The molecule has 6 rings (SSSR count). The highest BCUT2D eigenvalue weighted by Crippen LogP contribution is 2.34. The predicted octanol–water partition coefficient (Wildman–Crippen LogP) is 5.80. The molecule has 0 aliphatic carbocycles. The maximum absolute atomic E-state index is 14.0. The number of benzene rings is 2. The molecule has 2 aliphatic heterocycles. The molecule has 1 unspecified atom stereocenters. The summed E-state index contributed by atoms with van der Waals surface area (Å²) in [7, 11) is 1.39. The zero-order valence-corrected chi connectivity index (χ0v) is 23.8. The fourth-order valence-corrected chi connectivity index (χ4v) is 5.80. The number of rotatable bonds is 9. The van der Waals surface area contributed by atoms with E-state index in [0.717, 1.165) is 67.6 Å². The second-order valence-corrected chi connectivity index (χ2v) is 11.0. The number of likely N-dealkylation sites (tertiary alicyclic amines) is 1. The fraction of sp³-hybridized carbons (Fsp3) is 0.406. The number of piperidine rings is 1. The Kier molecular flexibility index (Phi) is 8.17. The SMILES string of the molecule is COC(=O)c1ccc2nc(C(C)N3CCC(c4cccc(OCc5ccc(F)cc5F)n4)CC3)n(C[C@@H]3CCO3)c2c1. The molecule has 0 spiro atoms. The summed E-state index contributed by atoms with van der Waals surface area (Å²) in [6, 6.07) is 14.7. The topological polar surface area (TPSA) is 78.7 Å². The maximum Gasteiger partial charge on any atom is 0.337 e. The standard InChI is InChI=1S/C32H34F2N4O4/c1-20(31-36-28-9-7-22(32(39)40-2)16-29(28)38(31)18-25-12-15-41-25)37-13-10-21(11-14-37)27-4-3-5-30(35-27)42-19-23-6-8-24(33)17-26(23)34/h3-9,16-17,20-21,25H,10-15,18-19H2,1-2H3/t20?,25-/m0/s1. The molecule has 42 heavy (non-hydrogen) atoms. The van der Waals surface area contributed by atoms with Crippen LogP contribution in [0.25, 0.3) is 11.0 Å². The summed E-state index contributed by atoms with van der Waals surface area (Å²) in [6.07, 6.45) is 2.99. The maximum atomic E-state index is 14.0. The molecule has 2 aromatic heterocycles. The largest absolute Gasteiger partial charge is 0.473 e. The molecule has 0 radical (unpaired) electrons. The molecule has 2 saturated heterocycles. The van der Waals surface area contributed by atoms with Crippen molar-refractivity contribution in [3.63, 3.8) is 0 Å². The Bertz CT molecular complexity index is 1580. The van der Waals surface area contributed by atoms with Crippen LogP contribution < -0.4 is 4.74 Å². The molecule has 8 nitrogen and oxygen atoms in total. The fourth-order valence-electron chi connectivity index (χ4n) is 5.80. The molecule has 2 aliphatic rings. The summed E-state index contributed by atoms with van der Waals surface area (Å²) in [4.78, 5) is 24.4. The lowest BCUT2D eigenvalue weighted by atomic mass is 9.92. The van der Waals surface area contributed by atoms with Crippen molar-refractivity contribution in [3.8, 4) is 5.88 Å². The van der Waals surface area contributed by atoms with Crippen LogP contribution in [0.2, 0.25) is 0 Å². The number of halogens is 2. The van der Waals surface area contributed by atoms with Crippen molar-refractivity contribution in [2.45, 2.75) is 57.4 Å². The minimum absolute atomic E-state index is 0.0213. The number of fused-ring (bicyclic) bond motifs is 1. The minimum Gasteiger partial charge on any atom is -0.473 e. The number of ether oxygens (including phenoxy) is 3. The third-order valence-corrected chi connectivity index (χ3v) is 8.38. The smallest absolute Gasteiger partial charge is 0.337 e. The first-order chi connectivity index (χ1) is 20.4. The van der Waals surface area contributed by atoms with Gasteiger partial charge in [-0.05, 0) is 75.7 Å². The van der Waals surface area contributed by atoms with Crippen molar-refractivity contribution < 1.29 is 27.8 Å². The van der Waals surface area contributed by atoms with Crippen molar-refractivity contribution in [2.75, 3.05) is 26.8 Å². The lowest BCUT2D eigenvalue weighted by Crippen LogP contribution is -2.37. The van der Waals surface area contributed by atoms with E-state index in [0.29, 0.717) is 18.0 Å². The summed E-state index contributed by atoms with van der Waals surface area (Å²) in [5.74, 6) is 0.0312. The lowest BCUT2D eigenvalue weighted by Gasteiger charge is -2.36. The Morgan fingerprint density at radius 3 is 2.60 bits per heavy atom. The monoisotopic (exact) mass is 576 g/mol. The van der Waals surface area contributed by atoms with Crippen molar-refractivity contribution in [1.82, 2.24) is 19.4 Å². The molecule has 2 atom stereocenters. The first-order valence-corrected chi connectivity index (χ1v) is 14.4. The van der Waals surface area contributed by atoms with Crippen molar-refractivity contribution >= 4 is 17.0 Å². The van der Waals surface area contributed by atoms with E-state index in [-0.39, 0.29) is 36.2 Å². The minimum atomic E-state index is -0.634. The molecular weight excluding hydrogens is 542 g/mol. The number of pyridine rings is 1. The van der Waals surface area contributed by atoms with Gasteiger partial charge < -0.3 is 18.8 Å². The van der Waals surface area contributed by atoms with Gasteiger partial charge in [0.25, 0.3) is 0 Å². The molecule has 2 fully saturated rings. The molecule has 10 heteroatoms. The summed E-state index contributed by atoms with van der Waals surface area (Å²) in [5.41, 5.74) is 3.49. The molecule has 0 bridgehead atoms. The van der Waals surface area contributed by atoms with Crippen LogP contribution >= 0.6 is 0 Å². The number of esters is 1. The molecule has 4 heterocycles. The van der Waals surface area contributed by atoms with E-state index in [1.807, 2.05) is 24.3 Å². The molecule has 220 valence electrons. The van der Waals surface area contributed by atoms with Gasteiger partial charge in [0.1, 0.15) is 24.1 Å². The molecule has 0 saturated carbocycles. The van der Waals surface area contributed by atoms with Gasteiger partial charge in [0.15, 0.2) is 0 Å². The third-order valence-electron chi connectivity index (χ3n) is 8.38. The van der Waals surface area contributed by atoms with Gasteiger partial charge in [0.2, 0.25) is 5.88 Å². The molecule has 0 N–H and O–H groups in total. The van der Waals surface area contributed by atoms with Gasteiger partial charge in [-0.25, -0.2) is 23.5 Å². The second-order valence-electron chi connectivity index (χ2n) is 11.0. The number of methoxy groups -OCH3 is 1. The van der Waals surface area contributed by atoms with E-state index in [1.165, 1.54) is 19.2 Å². The number of imidazole rings is 1. The Labute approximate surface area is 243 Å². The van der Waals surface area contributed by atoms with E-state index < -0.39 is 11.6 Å². The Morgan fingerprint density at radius 1 is 1.07 bits per heavy atom. The van der Waals surface area contributed by atoms with Gasteiger partial charge in [-0.2, -0.15) is 0 Å². The van der Waals surface area contributed by atoms with Crippen LogP contribution in [-0.4, -0.2) is 58.3 Å². The highest BCUT2D eigenvalue weighted by Gasteiger charge is 2.30. The number of hydrogen-bond acceptors (Lipinski definition) is 7. The number of carbonyl (C=O) groups is 1. The normalized spacial score (nSPS) is 18.5. The van der Waals surface area contributed by atoms with E-state index in [4.69, 9.17) is 24.2 Å². The zero-order valence-electron chi connectivity index (χ0n) is 23.8. The average Bonchev–Trinajstić information content (AvgIpc) is 3.35. The van der Waals surface area contributed by atoms with Crippen molar-refractivity contribution in [1.29, 1.82) is 0 Å². The van der Waals surface area contributed by atoms with Crippen molar-refractivity contribution in [3.05, 3.63) is 88.9 Å². The van der Waals surface area contributed by atoms with Gasteiger partial charge in [-0.3, -0.25) is 4.90 Å². The van der Waals surface area contributed by atoms with E-state index in [2.05, 4.69) is 16.4 Å².